The molecule has 0 amide bonds. The fourth-order valence-corrected chi connectivity index (χ4v) is 2.34. The van der Waals surface area contributed by atoms with E-state index in [1.807, 2.05) is 35.3 Å². The van der Waals surface area contributed by atoms with E-state index in [9.17, 15) is 5.11 Å². The molecule has 0 heterocycles. The number of hydrogen-bond acceptors (Lipinski definition) is 3. The molecule has 0 bridgehead atoms. The van der Waals surface area contributed by atoms with Gasteiger partial charge in [-0.3, -0.25) is 0 Å². The highest BCUT2D eigenvalue weighted by Crippen LogP contribution is 2.25. The Morgan fingerprint density at radius 1 is 1.05 bits per heavy atom. The third-order valence-electron chi connectivity index (χ3n) is 3.54. The molecule has 0 fully saturated rings. The number of alkyl halides is 1. The third kappa shape index (κ3) is 5.74. The number of benzene rings is 2. The predicted octanol–water partition coefficient (Wildman–Crippen LogP) is 3.97. The lowest BCUT2D eigenvalue weighted by atomic mass is 10.1. The maximum absolute atomic E-state index is 10.0. The second-order valence-corrected chi connectivity index (χ2v) is 4.93. The van der Waals surface area contributed by atoms with Crippen LogP contribution in [-0.2, 0) is 0 Å². The lowest BCUT2D eigenvalue weighted by molar-refractivity contribution is 0.0722. The molecular formula is C18H26INO2. The average Bonchev–Trinajstić information content (AvgIpc) is 2.59. The Labute approximate surface area is 147 Å². The van der Waals surface area contributed by atoms with Gasteiger partial charge in [0.2, 0.25) is 0 Å². The van der Waals surface area contributed by atoms with Gasteiger partial charge in [-0.15, -0.1) is 0 Å². The lowest BCUT2D eigenvalue weighted by Crippen LogP contribution is -2.35. The van der Waals surface area contributed by atoms with Crippen molar-refractivity contribution >= 4 is 33.4 Å². The molecule has 1 N–H and O–H groups in total. The van der Waals surface area contributed by atoms with Gasteiger partial charge in [0.1, 0.15) is 18.5 Å². The number of halogens is 1. The Morgan fingerprint density at radius 3 is 2.36 bits per heavy atom. The number of ether oxygens (including phenoxy) is 1. The Morgan fingerprint density at radius 2 is 1.68 bits per heavy atom. The highest BCUT2D eigenvalue weighted by Gasteiger charge is 2.10. The summed E-state index contributed by atoms with van der Waals surface area (Å²) in [5.41, 5.74) is 0. The molecule has 0 saturated heterocycles. The van der Waals surface area contributed by atoms with Crippen LogP contribution in [0.15, 0.2) is 42.5 Å². The van der Waals surface area contributed by atoms with Crippen LogP contribution in [0.1, 0.15) is 13.8 Å². The molecule has 0 radical (unpaired) electrons. The van der Waals surface area contributed by atoms with Gasteiger partial charge < -0.3 is 14.7 Å². The van der Waals surface area contributed by atoms with Gasteiger partial charge in [0, 0.05) is 11.9 Å². The number of nitrogens with zero attached hydrogens (tertiary/aromatic N) is 1. The van der Waals surface area contributed by atoms with Crippen molar-refractivity contribution in [3.05, 3.63) is 42.5 Å². The van der Waals surface area contributed by atoms with E-state index < -0.39 is 6.10 Å². The van der Waals surface area contributed by atoms with Gasteiger partial charge >= 0.3 is 0 Å². The Kier molecular flexibility index (Phi) is 9.43. The van der Waals surface area contributed by atoms with Crippen molar-refractivity contribution in [2.24, 2.45) is 0 Å². The molecule has 22 heavy (non-hydrogen) atoms. The van der Waals surface area contributed by atoms with Crippen molar-refractivity contribution in [1.29, 1.82) is 0 Å². The van der Waals surface area contributed by atoms with Crippen LogP contribution in [0.5, 0.6) is 5.75 Å². The molecule has 1 atom stereocenters. The lowest BCUT2D eigenvalue weighted by Gasteiger charge is -2.22. The summed E-state index contributed by atoms with van der Waals surface area (Å²) in [6.45, 7) is 7.06. The van der Waals surface area contributed by atoms with Gasteiger partial charge in [0.15, 0.2) is 0 Å². The molecule has 0 aliphatic carbocycles. The van der Waals surface area contributed by atoms with E-state index in [0.29, 0.717) is 13.2 Å². The highest BCUT2D eigenvalue weighted by atomic mass is 127. The summed E-state index contributed by atoms with van der Waals surface area (Å²) in [4.78, 5) is 4.16. The molecule has 0 aliphatic rings. The van der Waals surface area contributed by atoms with Gasteiger partial charge in [-0.05, 0) is 29.5 Å². The van der Waals surface area contributed by atoms with Gasteiger partial charge in [-0.2, -0.15) is 0 Å². The first-order valence-corrected chi connectivity index (χ1v) is 9.79. The highest BCUT2D eigenvalue weighted by molar-refractivity contribution is 14.1. The molecule has 1 unspecified atom stereocenters. The summed E-state index contributed by atoms with van der Waals surface area (Å²) in [6, 6.07) is 14.1. The second kappa shape index (κ2) is 10.8. The van der Waals surface area contributed by atoms with E-state index in [2.05, 4.69) is 53.5 Å². The first-order chi connectivity index (χ1) is 10.7. The minimum absolute atomic E-state index is 0.324. The molecule has 0 aromatic heterocycles. The number of rotatable bonds is 7. The third-order valence-corrected chi connectivity index (χ3v) is 3.54. The largest absolute Gasteiger partial charge is 0.490 e. The van der Waals surface area contributed by atoms with Crippen LogP contribution >= 0.6 is 22.6 Å². The maximum Gasteiger partial charge on any atom is 0.127 e. The summed E-state index contributed by atoms with van der Waals surface area (Å²) in [6.07, 6.45) is -0.464. The van der Waals surface area contributed by atoms with Crippen molar-refractivity contribution in [3.8, 4) is 5.75 Å². The van der Waals surface area contributed by atoms with E-state index in [0.717, 1.165) is 29.6 Å². The number of fused-ring (bicyclic) bond motifs is 1. The van der Waals surface area contributed by atoms with Gasteiger partial charge in [-0.25, -0.2) is 0 Å². The molecule has 0 saturated carbocycles. The first-order valence-electron chi connectivity index (χ1n) is 7.63. The maximum atomic E-state index is 10.0. The molecule has 2 rings (SSSR count). The molecular weight excluding hydrogens is 389 g/mol. The summed E-state index contributed by atoms with van der Waals surface area (Å²) in [5, 5.41) is 12.3. The first kappa shape index (κ1) is 19.2. The fourth-order valence-electron chi connectivity index (χ4n) is 2.34. The summed E-state index contributed by atoms with van der Waals surface area (Å²) < 4.78 is 5.79. The number of hydrogen-bond donors (Lipinski definition) is 1. The zero-order chi connectivity index (χ0) is 16.4. The minimum atomic E-state index is -0.464. The van der Waals surface area contributed by atoms with Crippen molar-refractivity contribution in [1.82, 2.24) is 4.90 Å². The average molecular weight is 415 g/mol. The Bertz CT molecular complexity index is 538. The Hall–Kier alpha value is -0.850. The molecule has 0 aliphatic heterocycles. The van der Waals surface area contributed by atoms with Crippen LogP contribution < -0.4 is 4.74 Å². The predicted molar refractivity (Wildman–Crippen MR) is 103 cm³/mol. The smallest absolute Gasteiger partial charge is 0.127 e. The zero-order valence-electron chi connectivity index (χ0n) is 13.6. The molecule has 2 aromatic carbocycles. The van der Waals surface area contributed by atoms with Crippen molar-refractivity contribution in [2.75, 3.05) is 31.2 Å². The van der Waals surface area contributed by atoms with Crippen molar-refractivity contribution < 1.29 is 9.84 Å². The SMILES string of the molecule is CCN(CC)CC(O)COc1cccc2ccccc12.CI. The minimum Gasteiger partial charge on any atom is -0.490 e. The molecule has 4 heteroatoms. The van der Waals surface area contributed by atoms with Gasteiger partial charge in [-0.1, -0.05) is 72.8 Å². The van der Waals surface area contributed by atoms with Gasteiger partial charge in [0.25, 0.3) is 0 Å². The molecule has 3 nitrogen and oxygen atoms in total. The zero-order valence-corrected chi connectivity index (χ0v) is 15.8. The van der Waals surface area contributed by atoms with E-state index in [1.165, 1.54) is 0 Å². The second-order valence-electron chi connectivity index (χ2n) is 4.93. The van der Waals surface area contributed by atoms with Crippen molar-refractivity contribution in [2.45, 2.75) is 20.0 Å². The molecule has 122 valence electrons. The van der Waals surface area contributed by atoms with Crippen LogP contribution in [0.25, 0.3) is 10.8 Å². The van der Waals surface area contributed by atoms with Crippen LogP contribution in [0.4, 0.5) is 0 Å². The van der Waals surface area contributed by atoms with Crippen LogP contribution in [0.3, 0.4) is 0 Å². The standard InChI is InChI=1S/C17H23NO2.CH3I/c1-3-18(4-2)12-15(19)13-20-17-11-7-9-14-8-5-6-10-16(14)17;1-2/h5-11,15,19H,3-4,12-13H2,1-2H3;1H3. The van der Waals surface area contributed by atoms with Crippen LogP contribution in [0.2, 0.25) is 0 Å². The molecule has 0 spiro atoms. The Balaban J connectivity index is 0.00000116. The fraction of sp³-hybridized carbons (Fsp3) is 0.444. The quantitative estimate of drug-likeness (QED) is 0.549. The van der Waals surface area contributed by atoms with Crippen molar-refractivity contribution in [3.63, 3.8) is 0 Å². The topological polar surface area (TPSA) is 32.7 Å². The van der Waals surface area contributed by atoms with Crippen LogP contribution in [0, 0.1) is 0 Å². The normalized spacial score (nSPS) is 11.9. The summed E-state index contributed by atoms with van der Waals surface area (Å²) >= 11 is 2.15. The van der Waals surface area contributed by atoms with E-state index in [-0.39, 0.29) is 0 Å². The van der Waals surface area contributed by atoms with E-state index in [1.54, 1.807) is 0 Å². The summed E-state index contributed by atoms with van der Waals surface area (Å²) in [5.74, 6) is 0.835. The van der Waals surface area contributed by atoms with E-state index >= 15 is 0 Å². The number of aliphatic hydroxyl groups excluding tert-OH is 1. The number of likely N-dealkylation sites (N-methyl/N-ethyl adjacent to an activating group) is 1. The molecule has 2 aromatic rings. The van der Waals surface area contributed by atoms with Crippen LogP contribution in [-0.4, -0.2) is 47.3 Å². The summed E-state index contributed by atoms with van der Waals surface area (Å²) in [7, 11) is 0. The monoisotopic (exact) mass is 415 g/mol. The number of aliphatic hydroxyl groups is 1. The van der Waals surface area contributed by atoms with Gasteiger partial charge in [0.05, 0.1) is 0 Å². The van der Waals surface area contributed by atoms with E-state index in [4.69, 9.17) is 4.74 Å².